The average molecular weight is 319 g/mol. The molecule has 4 nitrogen and oxygen atoms in total. The van der Waals surface area contributed by atoms with Gasteiger partial charge < -0.3 is 4.90 Å². The Hall–Kier alpha value is -2.21. The van der Waals surface area contributed by atoms with Crippen LogP contribution in [-0.4, -0.2) is 25.2 Å². The molecule has 1 aromatic carbocycles. The van der Waals surface area contributed by atoms with Crippen LogP contribution in [0, 0.1) is 5.13 Å². The molecule has 6 heteroatoms. The van der Waals surface area contributed by atoms with E-state index in [1.807, 2.05) is 24.3 Å². The van der Waals surface area contributed by atoms with Gasteiger partial charge in [-0.3, -0.25) is 4.79 Å². The molecule has 1 heterocycles. The predicted octanol–water partition coefficient (Wildman–Crippen LogP) is 3.50. The van der Waals surface area contributed by atoms with Crippen molar-refractivity contribution in [2.24, 2.45) is 5.10 Å². The van der Waals surface area contributed by atoms with Crippen molar-refractivity contribution in [2.75, 3.05) is 18.0 Å². The normalized spacial score (nSPS) is 10.9. The van der Waals surface area contributed by atoms with E-state index in [0.717, 1.165) is 35.7 Å². The number of hydrogen-bond acceptors (Lipinski definition) is 4. The third-order valence-electron chi connectivity index (χ3n) is 3.20. The van der Waals surface area contributed by atoms with Crippen LogP contribution < -0.4 is 10.3 Å². The fourth-order valence-electron chi connectivity index (χ4n) is 2.02. The Kier molecular flexibility index (Phi) is 5.66. The van der Waals surface area contributed by atoms with Gasteiger partial charge in [0, 0.05) is 18.8 Å². The monoisotopic (exact) mass is 319 g/mol. The largest absolute Gasteiger partial charge is 0.372 e. The second-order valence-corrected chi connectivity index (χ2v) is 5.60. The van der Waals surface area contributed by atoms with Crippen LogP contribution >= 0.6 is 11.3 Å². The summed E-state index contributed by atoms with van der Waals surface area (Å²) in [5, 5.41) is 3.50. The van der Waals surface area contributed by atoms with Crippen molar-refractivity contribution in [1.29, 1.82) is 0 Å². The summed E-state index contributed by atoms with van der Waals surface area (Å²) in [6, 6.07) is 10.6. The first kappa shape index (κ1) is 16.2. The second-order valence-electron chi connectivity index (χ2n) is 4.57. The lowest BCUT2D eigenvalue weighted by Gasteiger charge is -2.20. The summed E-state index contributed by atoms with van der Waals surface area (Å²) in [5.41, 5.74) is 4.42. The number of halogens is 1. The molecular formula is C16H18FN3OS. The van der Waals surface area contributed by atoms with Crippen LogP contribution in [-0.2, 0) is 0 Å². The Bertz CT molecular complexity index is 648. The van der Waals surface area contributed by atoms with E-state index < -0.39 is 5.91 Å². The lowest BCUT2D eigenvalue weighted by Crippen LogP contribution is -2.21. The van der Waals surface area contributed by atoms with Gasteiger partial charge in [0.25, 0.3) is 5.91 Å². The molecule has 0 aliphatic rings. The van der Waals surface area contributed by atoms with E-state index in [-0.39, 0.29) is 5.13 Å². The summed E-state index contributed by atoms with van der Waals surface area (Å²) in [5.74, 6) is -0.412. The molecule has 2 aromatic rings. The number of carbonyl (C=O) groups excluding carboxylic acids is 1. The van der Waals surface area contributed by atoms with Gasteiger partial charge in [-0.1, -0.05) is 12.1 Å². The quantitative estimate of drug-likeness (QED) is 0.654. The van der Waals surface area contributed by atoms with Crippen molar-refractivity contribution in [3.63, 3.8) is 0 Å². The van der Waals surface area contributed by atoms with Gasteiger partial charge in [-0.05, 0) is 43.7 Å². The van der Waals surface area contributed by atoms with E-state index >= 15 is 0 Å². The molecule has 0 bridgehead atoms. The molecule has 0 spiro atoms. The lowest BCUT2D eigenvalue weighted by molar-refractivity contribution is 0.0959. The van der Waals surface area contributed by atoms with Crippen molar-refractivity contribution in [1.82, 2.24) is 5.43 Å². The number of anilines is 1. The topological polar surface area (TPSA) is 44.7 Å². The summed E-state index contributed by atoms with van der Waals surface area (Å²) < 4.78 is 12.8. The van der Waals surface area contributed by atoms with Crippen LogP contribution in [0.2, 0.25) is 0 Å². The summed E-state index contributed by atoms with van der Waals surface area (Å²) in [7, 11) is 0. The molecular weight excluding hydrogens is 301 g/mol. The third-order valence-corrected chi connectivity index (χ3v) is 4.07. The number of thiophene rings is 1. The number of nitrogens with one attached hydrogen (secondary N) is 1. The summed E-state index contributed by atoms with van der Waals surface area (Å²) in [4.78, 5) is 14.2. The van der Waals surface area contributed by atoms with Gasteiger partial charge in [0.2, 0.25) is 0 Å². The zero-order chi connectivity index (χ0) is 15.9. The van der Waals surface area contributed by atoms with E-state index in [1.165, 1.54) is 12.1 Å². The van der Waals surface area contributed by atoms with Crippen molar-refractivity contribution < 1.29 is 9.18 Å². The summed E-state index contributed by atoms with van der Waals surface area (Å²) in [6.07, 6.45) is 1.56. The molecule has 0 saturated heterocycles. The van der Waals surface area contributed by atoms with Gasteiger partial charge in [0.1, 0.15) is 0 Å². The number of nitrogens with zero attached hydrogens (tertiary/aromatic N) is 2. The van der Waals surface area contributed by atoms with Gasteiger partial charge in [-0.2, -0.15) is 9.49 Å². The Morgan fingerprint density at radius 1 is 1.23 bits per heavy atom. The smallest absolute Gasteiger partial charge is 0.281 e. The minimum atomic E-state index is -0.412. The molecule has 0 atom stereocenters. The molecule has 22 heavy (non-hydrogen) atoms. The maximum Gasteiger partial charge on any atom is 0.281 e. The zero-order valence-electron chi connectivity index (χ0n) is 12.5. The highest BCUT2D eigenvalue weighted by molar-refractivity contribution is 7.12. The number of rotatable bonds is 6. The first-order valence-corrected chi connectivity index (χ1v) is 7.89. The van der Waals surface area contributed by atoms with E-state index in [4.69, 9.17) is 0 Å². The zero-order valence-corrected chi connectivity index (χ0v) is 13.4. The van der Waals surface area contributed by atoms with E-state index in [1.54, 1.807) is 6.21 Å². The molecule has 1 N–H and O–H groups in total. The van der Waals surface area contributed by atoms with Crippen LogP contribution in [0.4, 0.5) is 10.1 Å². The van der Waals surface area contributed by atoms with Gasteiger partial charge in [-0.15, -0.1) is 11.3 Å². The Morgan fingerprint density at radius 3 is 2.45 bits per heavy atom. The fourth-order valence-corrected chi connectivity index (χ4v) is 2.64. The van der Waals surface area contributed by atoms with Crippen molar-refractivity contribution >= 4 is 29.1 Å². The van der Waals surface area contributed by atoms with Crippen LogP contribution in [0.15, 0.2) is 41.5 Å². The molecule has 0 aliphatic heterocycles. The van der Waals surface area contributed by atoms with Gasteiger partial charge >= 0.3 is 0 Å². The van der Waals surface area contributed by atoms with E-state index in [0.29, 0.717) is 4.88 Å². The van der Waals surface area contributed by atoms with Crippen molar-refractivity contribution in [3.05, 3.63) is 52.0 Å². The Balaban J connectivity index is 1.94. The maximum absolute atomic E-state index is 12.8. The maximum atomic E-state index is 12.8. The van der Waals surface area contributed by atoms with Crippen LogP contribution in [0.1, 0.15) is 29.1 Å². The van der Waals surface area contributed by atoms with Crippen LogP contribution in [0.25, 0.3) is 0 Å². The predicted molar refractivity (Wildman–Crippen MR) is 89.3 cm³/mol. The molecule has 0 saturated carbocycles. The van der Waals surface area contributed by atoms with Crippen LogP contribution in [0.3, 0.4) is 0 Å². The third kappa shape index (κ3) is 4.14. The minimum Gasteiger partial charge on any atom is -0.372 e. The van der Waals surface area contributed by atoms with Gasteiger partial charge in [-0.25, -0.2) is 5.43 Å². The number of carbonyl (C=O) groups is 1. The van der Waals surface area contributed by atoms with E-state index in [2.05, 4.69) is 29.3 Å². The summed E-state index contributed by atoms with van der Waals surface area (Å²) in [6.45, 7) is 6.14. The molecule has 0 fully saturated rings. The molecule has 2 rings (SSSR count). The van der Waals surface area contributed by atoms with Crippen molar-refractivity contribution in [3.8, 4) is 0 Å². The number of hydrogen-bond donors (Lipinski definition) is 1. The number of benzene rings is 1. The first-order chi connectivity index (χ1) is 10.6. The van der Waals surface area contributed by atoms with Crippen LogP contribution in [0.5, 0.6) is 0 Å². The molecule has 1 aromatic heterocycles. The second kappa shape index (κ2) is 7.70. The first-order valence-electron chi connectivity index (χ1n) is 7.07. The van der Waals surface area contributed by atoms with E-state index in [9.17, 15) is 9.18 Å². The highest BCUT2D eigenvalue weighted by Crippen LogP contribution is 2.15. The molecule has 1 amide bonds. The number of amides is 1. The Morgan fingerprint density at radius 2 is 1.91 bits per heavy atom. The SMILES string of the molecule is CCN(CC)c1ccc(C=NNC(=O)c2ccc(F)s2)cc1. The Labute approximate surface area is 133 Å². The number of hydrazone groups is 1. The van der Waals surface area contributed by atoms with Gasteiger partial charge in [0.05, 0.1) is 11.1 Å². The molecule has 0 aliphatic carbocycles. The van der Waals surface area contributed by atoms with Crippen molar-refractivity contribution in [2.45, 2.75) is 13.8 Å². The lowest BCUT2D eigenvalue weighted by atomic mass is 10.2. The molecule has 0 unspecified atom stereocenters. The average Bonchev–Trinajstić information content (AvgIpc) is 2.96. The molecule has 116 valence electrons. The standard InChI is InChI=1S/C16H18FN3OS/c1-3-20(4-2)13-7-5-12(6-8-13)11-18-19-16(21)14-9-10-15(17)22-14/h5-11H,3-4H2,1-2H3,(H,19,21). The van der Waals surface area contributed by atoms with Gasteiger partial charge in [0.15, 0.2) is 5.13 Å². The minimum absolute atomic E-state index is 0.298. The summed E-state index contributed by atoms with van der Waals surface area (Å²) >= 11 is 0.794. The highest BCUT2D eigenvalue weighted by Gasteiger charge is 2.07. The highest BCUT2D eigenvalue weighted by atomic mass is 32.1. The fraction of sp³-hybridized carbons (Fsp3) is 0.250. The molecule has 0 radical (unpaired) electrons.